The molecular formula is C34H29FN4O5. The van der Waals surface area contributed by atoms with Crippen molar-refractivity contribution in [3.8, 4) is 16.9 Å². The zero-order valence-corrected chi connectivity index (χ0v) is 23.6. The number of likely N-dealkylation sites (tertiary alicyclic amines) is 2. The molecule has 2 aliphatic rings. The summed E-state index contributed by atoms with van der Waals surface area (Å²) in [5, 5.41) is 2.66. The summed E-state index contributed by atoms with van der Waals surface area (Å²) in [6.45, 7) is 0.0924. The van der Waals surface area contributed by atoms with E-state index < -0.39 is 35.9 Å². The molecule has 222 valence electrons. The predicted octanol–water partition coefficient (Wildman–Crippen LogP) is 4.28. The number of fused-ring (bicyclic) bond motifs is 1. The monoisotopic (exact) mass is 592 g/mol. The van der Waals surface area contributed by atoms with E-state index in [0.29, 0.717) is 12.0 Å². The quantitative estimate of drug-likeness (QED) is 0.343. The van der Waals surface area contributed by atoms with Crippen LogP contribution in [0.3, 0.4) is 0 Å². The van der Waals surface area contributed by atoms with Crippen LogP contribution < -0.4 is 10.1 Å². The topological polar surface area (TPSA) is 109 Å². The normalized spacial score (nSPS) is 18.1. The fraction of sp³-hybridized carbons (Fsp3) is 0.206. The molecule has 3 atom stereocenters. The minimum atomic E-state index is -1.11. The van der Waals surface area contributed by atoms with E-state index in [-0.39, 0.29) is 42.6 Å². The second-order valence-electron chi connectivity index (χ2n) is 10.8. The molecule has 2 fully saturated rings. The predicted molar refractivity (Wildman–Crippen MR) is 159 cm³/mol. The molecule has 10 heteroatoms. The summed E-state index contributed by atoms with van der Waals surface area (Å²) in [4.78, 5) is 60.3. The molecule has 3 unspecified atom stereocenters. The minimum absolute atomic E-state index is 0.0415. The highest BCUT2D eigenvalue weighted by Crippen LogP contribution is 2.31. The maximum Gasteiger partial charge on any atom is 0.413 e. The van der Waals surface area contributed by atoms with Crippen molar-refractivity contribution in [2.75, 3.05) is 13.1 Å². The van der Waals surface area contributed by atoms with E-state index in [0.717, 1.165) is 11.1 Å². The van der Waals surface area contributed by atoms with Crippen LogP contribution in [0.2, 0.25) is 0 Å². The van der Waals surface area contributed by atoms with Crippen LogP contribution in [-0.4, -0.2) is 69.7 Å². The van der Waals surface area contributed by atoms with Crippen molar-refractivity contribution in [2.24, 2.45) is 0 Å². The van der Waals surface area contributed by atoms with Crippen molar-refractivity contribution < 1.29 is 28.3 Å². The van der Waals surface area contributed by atoms with E-state index in [1.54, 1.807) is 30.3 Å². The van der Waals surface area contributed by atoms with E-state index in [9.17, 15) is 23.6 Å². The molecule has 1 N–H and O–H groups in total. The number of Topliss-reactive ketones (excluding diaryl/α,β-unsaturated/α-hetero) is 1. The molecule has 2 aliphatic heterocycles. The number of amides is 3. The zero-order chi connectivity index (χ0) is 30.6. The van der Waals surface area contributed by atoms with Crippen LogP contribution in [0.25, 0.3) is 11.1 Å². The molecule has 0 bridgehead atoms. The Kier molecular flexibility index (Phi) is 8.14. The lowest BCUT2D eigenvalue weighted by Gasteiger charge is -2.28. The Hall–Kier alpha value is -5.38. The van der Waals surface area contributed by atoms with Gasteiger partial charge in [-0.15, -0.1) is 0 Å². The molecule has 44 heavy (non-hydrogen) atoms. The van der Waals surface area contributed by atoms with Crippen molar-refractivity contribution in [2.45, 2.75) is 31.0 Å². The maximum atomic E-state index is 14.0. The number of nitrogens with zero attached hydrogens (tertiary/aromatic N) is 3. The van der Waals surface area contributed by atoms with Crippen molar-refractivity contribution in [1.29, 1.82) is 0 Å². The average Bonchev–Trinajstić information content (AvgIpc) is 3.63. The summed E-state index contributed by atoms with van der Waals surface area (Å²) < 4.78 is 19.1. The van der Waals surface area contributed by atoms with Crippen LogP contribution in [0.15, 0.2) is 103 Å². The van der Waals surface area contributed by atoms with E-state index in [2.05, 4.69) is 10.3 Å². The second kappa shape index (κ2) is 12.5. The molecule has 0 radical (unpaired) electrons. The molecule has 4 aromatic rings. The second-order valence-corrected chi connectivity index (χ2v) is 10.8. The van der Waals surface area contributed by atoms with Crippen LogP contribution >= 0.6 is 0 Å². The third kappa shape index (κ3) is 6.05. The van der Waals surface area contributed by atoms with Gasteiger partial charge < -0.3 is 19.9 Å². The van der Waals surface area contributed by atoms with Gasteiger partial charge in [-0.1, -0.05) is 60.7 Å². The molecule has 0 spiro atoms. The van der Waals surface area contributed by atoms with Gasteiger partial charge in [-0.2, -0.15) is 0 Å². The first-order valence-electron chi connectivity index (χ1n) is 14.3. The van der Waals surface area contributed by atoms with E-state index >= 15 is 0 Å². The summed E-state index contributed by atoms with van der Waals surface area (Å²) in [7, 11) is 0. The third-order valence-corrected chi connectivity index (χ3v) is 7.97. The van der Waals surface area contributed by atoms with Crippen LogP contribution in [0.1, 0.15) is 22.5 Å². The van der Waals surface area contributed by atoms with Crippen LogP contribution in [0, 0.1) is 5.82 Å². The van der Waals surface area contributed by atoms with E-state index in [4.69, 9.17) is 4.74 Å². The Morgan fingerprint density at radius 3 is 2.30 bits per heavy atom. The average molecular weight is 593 g/mol. The Morgan fingerprint density at radius 1 is 0.886 bits per heavy atom. The van der Waals surface area contributed by atoms with Gasteiger partial charge in [-0.3, -0.25) is 19.4 Å². The summed E-state index contributed by atoms with van der Waals surface area (Å²) >= 11 is 0. The molecule has 1 aromatic heterocycles. The maximum absolute atomic E-state index is 14.0. The summed E-state index contributed by atoms with van der Waals surface area (Å²) in [5.74, 6) is -1.26. The zero-order valence-electron chi connectivity index (χ0n) is 23.6. The van der Waals surface area contributed by atoms with Crippen molar-refractivity contribution in [1.82, 2.24) is 20.1 Å². The molecular weight excluding hydrogens is 563 g/mol. The SMILES string of the molecule is O=C(NC(Cc1ccc(F)cc1)C(=O)N1CCC2C1C(=O)CN2C(=O)c1ccccn1)Oc1ccc(-c2ccccc2)cc1. The Labute approximate surface area is 253 Å². The highest BCUT2D eigenvalue weighted by atomic mass is 19.1. The number of carbonyl (C=O) groups excluding carboxylic acids is 4. The molecule has 0 aliphatic carbocycles. The molecule has 9 nitrogen and oxygen atoms in total. The largest absolute Gasteiger partial charge is 0.413 e. The lowest BCUT2D eigenvalue weighted by Crippen LogP contribution is -2.53. The molecule has 2 saturated heterocycles. The van der Waals surface area contributed by atoms with Gasteiger partial charge in [0.15, 0.2) is 5.78 Å². The Bertz CT molecular complexity index is 1670. The number of nitrogens with one attached hydrogen (secondary N) is 1. The van der Waals surface area contributed by atoms with Gasteiger partial charge in [-0.05, 0) is 59.5 Å². The number of aromatic nitrogens is 1. The van der Waals surface area contributed by atoms with Crippen LogP contribution in [0.4, 0.5) is 9.18 Å². The van der Waals surface area contributed by atoms with Gasteiger partial charge in [0, 0.05) is 19.2 Å². The van der Waals surface area contributed by atoms with Crippen LogP contribution in [-0.2, 0) is 16.0 Å². The van der Waals surface area contributed by atoms with E-state index in [1.165, 1.54) is 40.3 Å². The fourth-order valence-electron chi connectivity index (χ4n) is 5.86. The number of hydrogen-bond acceptors (Lipinski definition) is 6. The first kappa shape index (κ1) is 28.7. The number of halogens is 1. The highest BCUT2D eigenvalue weighted by Gasteiger charge is 2.52. The smallest absolute Gasteiger partial charge is 0.410 e. The van der Waals surface area contributed by atoms with Crippen LogP contribution in [0.5, 0.6) is 5.75 Å². The molecule has 3 amide bonds. The summed E-state index contributed by atoms with van der Waals surface area (Å²) in [5.41, 5.74) is 2.79. The number of ketones is 1. The van der Waals surface area contributed by atoms with Crippen molar-refractivity contribution in [3.05, 3.63) is 120 Å². The van der Waals surface area contributed by atoms with E-state index in [1.807, 2.05) is 42.5 Å². The number of pyridine rings is 1. The highest BCUT2D eigenvalue weighted by molar-refractivity contribution is 6.02. The Morgan fingerprint density at radius 2 is 1.59 bits per heavy atom. The van der Waals surface area contributed by atoms with Gasteiger partial charge in [0.1, 0.15) is 29.3 Å². The number of rotatable bonds is 7. The van der Waals surface area contributed by atoms with Crippen molar-refractivity contribution in [3.63, 3.8) is 0 Å². The first-order chi connectivity index (χ1) is 21.4. The third-order valence-electron chi connectivity index (χ3n) is 7.97. The Balaban J connectivity index is 1.18. The van der Waals surface area contributed by atoms with Crippen molar-refractivity contribution >= 4 is 23.7 Å². The summed E-state index contributed by atoms with van der Waals surface area (Å²) in [6, 6.07) is 24.9. The van der Waals surface area contributed by atoms with Gasteiger partial charge in [0.2, 0.25) is 5.91 Å². The number of carbonyl (C=O) groups is 4. The molecule has 0 saturated carbocycles. The van der Waals surface area contributed by atoms with Gasteiger partial charge in [-0.25, -0.2) is 9.18 Å². The van der Waals surface area contributed by atoms with Gasteiger partial charge in [0.25, 0.3) is 5.91 Å². The minimum Gasteiger partial charge on any atom is -0.410 e. The van der Waals surface area contributed by atoms with Gasteiger partial charge >= 0.3 is 6.09 Å². The molecule has 3 aromatic carbocycles. The lowest BCUT2D eigenvalue weighted by molar-refractivity contribution is -0.138. The molecule has 6 rings (SSSR count). The number of benzene rings is 3. The van der Waals surface area contributed by atoms with Gasteiger partial charge in [0.05, 0.1) is 12.6 Å². The fourth-order valence-corrected chi connectivity index (χ4v) is 5.86. The molecule has 3 heterocycles. The standard InChI is InChI=1S/C34H29FN4O5/c35-25-13-9-22(10-14-25)20-28(37-34(43)44-26-15-11-24(12-16-26)23-6-2-1-3-7-23)33(42)38-19-17-29-31(38)30(40)21-39(29)32(41)27-8-4-5-18-36-27/h1-16,18,28-29,31H,17,19-21H2,(H,37,43). The lowest BCUT2D eigenvalue weighted by atomic mass is 10.0. The first-order valence-corrected chi connectivity index (χ1v) is 14.3. The number of hydrogen-bond donors (Lipinski definition) is 1. The summed E-state index contributed by atoms with van der Waals surface area (Å²) in [6.07, 6.45) is 1.11. The number of ether oxygens (including phenoxy) is 1.